The summed E-state index contributed by atoms with van der Waals surface area (Å²) in [5.41, 5.74) is 5.93. The Morgan fingerprint density at radius 2 is 2.00 bits per heavy atom. The molecule has 1 amide bonds. The van der Waals surface area contributed by atoms with Gasteiger partial charge in [-0.1, -0.05) is 13.8 Å². The third-order valence-electron chi connectivity index (χ3n) is 4.17. The van der Waals surface area contributed by atoms with E-state index < -0.39 is 0 Å². The minimum atomic E-state index is -0.357. The molecular weight excluding hydrogens is 242 g/mol. The van der Waals surface area contributed by atoms with Crippen LogP contribution in [0.5, 0.6) is 0 Å². The van der Waals surface area contributed by atoms with Crippen molar-refractivity contribution in [1.82, 2.24) is 9.80 Å². The summed E-state index contributed by atoms with van der Waals surface area (Å²) in [6.45, 7) is 9.39. The van der Waals surface area contributed by atoms with Gasteiger partial charge in [0.05, 0.1) is 12.1 Å². The van der Waals surface area contributed by atoms with Gasteiger partial charge in [0, 0.05) is 39.3 Å². The van der Waals surface area contributed by atoms with Gasteiger partial charge in [-0.3, -0.25) is 9.69 Å². The fourth-order valence-electron chi connectivity index (χ4n) is 2.72. The summed E-state index contributed by atoms with van der Waals surface area (Å²) in [5, 5.41) is 0. The Balaban J connectivity index is 1.74. The van der Waals surface area contributed by atoms with Gasteiger partial charge in [0.1, 0.15) is 0 Å². The van der Waals surface area contributed by atoms with E-state index in [2.05, 4.69) is 4.90 Å². The third kappa shape index (κ3) is 3.91. The molecule has 0 spiro atoms. The summed E-state index contributed by atoms with van der Waals surface area (Å²) in [6, 6.07) is -0.357. The summed E-state index contributed by atoms with van der Waals surface area (Å²) in [5.74, 6) is 0.309. The summed E-state index contributed by atoms with van der Waals surface area (Å²) in [7, 11) is 0. The van der Waals surface area contributed by atoms with E-state index >= 15 is 0 Å². The molecule has 0 aromatic carbocycles. The lowest BCUT2D eigenvalue weighted by Crippen LogP contribution is -2.55. The highest BCUT2D eigenvalue weighted by molar-refractivity contribution is 5.82. The Labute approximate surface area is 116 Å². The number of carbonyl (C=O) groups is 1. The Hall–Kier alpha value is -0.650. The standard InChI is InChI=1S/C14H27N3O2/c1-11(2)13(15)14(18)17-7-5-16(6-8-17)10-12-4-3-9-19-12/h11-13H,3-10,15H2,1-2H3. The molecule has 2 aliphatic heterocycles. The average molecular weight is 269 g/mol. The van der Waals surface area contributed by atoms with E-state index in [4.69, 9.17) is 10.5 Å². The molecule has 2 atom stereocenters. The number of rotatable bonds is 4. The molecule has 0 aromatic heterocycles. The second kappa shape index (κ2) is 6.68. The number of amides is 1. The number of hydrogen-bond donors (Lipinski definition) is 1. The maximum Gasteiger partial charge on any atom is 0.239 e. The van der Waals surface area contributed by atoms with Gasteiger partial charge in [-0.2, -0.15) is 0 Å². The zero-order valence-electron chi connectivity index (χ0n) is 12.2. The zero-order chi connectivity index (χ0) is 13.8. The molecule has 2 rings (SSSR count). The summed E-state index contributed by atoms with van der Waals surface area (Å²) < 4.78 is 5.66. The van der Waals surface area contributed by atoms with Gasteiger partial charge in [-0.15, -0.1) is 0 Å². The van der Waals surface area contributed by atoms with Crippen LogP contribution < -0.4 is 5.73 Å². The highest BCUT2D eigenvalue weighted by Crippen LogP contribution is 2.15. The Morgan fingerprint density at radius 1 is 1.32 bits per heavy atom. The van der Waals surface area contributed by atoms with Crippen LogP contribution in [0, 0.1) is 5.92 Å². The smallest absolute Gasteiger partial charge is 0.239 e. The van der Waals surface area contributed by atoms with Gasteiger partial charge in [-0.25, -0.2) is 0 Å². The van der Waals surface area contributed by atoms with Gasteiger partial charge in [-0.05, 0) is 18.8 Å². The van der Waals surface area contributed by atoms with Gasteiger partial charge >= 0.3 is 0 Å². The molecule has 110 valence electrons. The predicted octanol–water partition coefficient (Wildman–Crippen LogP) is 0.293. The fraction of sp³-hybridized carbons (Fsp3) is 0.929. The first-order chi connectivity index (χ1) is 9.08. The number of hydrogen-bond acceptors (Lipinski definition) is 4. The second-order valence-corrected chi connectivity index (χ2v) is 6.03. The van der Waals surface area contributed by atoms with E-state index in [0.717, 1.165) is 39.3 Å². The van der Waals surface area contributed by atoms with Crippen LogP contribution in [0.3, 0.4) is 0 Å². The minimum absolute atomic E-state index is 0.103. The van der Waals surface area contributed by atoms with Crippen LogP contribution in [-0.4, -0.2) is 67.2 Å². The van der Waals surface area contributed by atoms with E-state index in [1.807, 2.05) is 18.7 Å². The third-order valence-corrected chi connectivity index (χ3v) is 4.17. The minimum Gasteiger partial charge on any atom is -0.377 e. The number of carbonyl (C=O) groups excluding carboxylic acids is 1. The van der Waals surface area contributed by atoms with Crippen molar-refractivity contribution in [3.63, 3.8) is 0 Å². The summed E-state index contributed by atoms with van der Waals surface area (Å²) >= 11 is 0. The van der Waals surface area contributed by atoms with Crippen molar-refractivity contribution >= 4 is 5.91 Å². The van der Waals surface area contributed by atoms with Crippen LogP contribution in [-0.2, 0) is 9.53 Å². The normalized spacial score (nSPS) is 26.9. The van der Waals surface area contributed by atoms with Gasteiger partial charge in [0.2, 0.25) is 5.91 Å². The molecule has 0 bridgehead atoms. The molecular formula is C14H27N3O2. The first kappa shape index (κ1) is 14.8. The lowest BCUT2D eigenvalue weighted by molar-refractivity contribution is -0.135. The molecule has 0 radical (unpaired) electrons. The van der Waals surface area contributed by atoms with Gasteiger partial charge in [0.25, 0.3) is 0 Å². The van der Waals surface area contributed by atoms with Crippen molar-refractivity contribution in [2.75, 3.05) is 39.3 Å². The fourth-order valence-corrected chi connectivity index (χ4v) is 2.72. The first-order valence-corrected chi connectivity index (χ1v) is 7.46. The number of ether oxygens (including phenoxy) is 1. The van der Waals surface area contributed by atoms with Crippen LogP contribution in [0.15, 0.2) is 0 Å². The predicted molar refractivity (Wildman–Crippen MR) is 74.8 cm³/mol. The molecule has 2 N–H and O–H groups in total. The maximum absolute atomic E-state index is 12.1. The SMILES string of the molecule is CC(C)C(N)C(=O)N1CCN(CC2CCCO2)CC1. The first-order valence-electron chi connectivity index (χ1n) is 7.46. The Bertz CT molecular complexity index is 295. The molecule has 0 aromatic rings. The monoisotopic (exact) mass is 269 g/mol. The van der Waals surface area contributed by atoms with Crippen molar-refractivity contribution < 1.29 is 9.53 Å². The van der Waals surface area contributed by atoms with Gasteiger partial charge < -0.3 is 15.4 Å². The van der Waals surface area contributed by atoms with Crippen LogP contribution in [0.25, 0.3) is 0 Å². The summed E-state index contributed by atoms with van der Waals surface area (Å²) in [4.78, 5) is 16.5. The number of piperazine rings is 1. The summed E-state index contributed by atoms with van der Waals surface area (Å²) in [6.07, 6.45) is 2.77. The van der Waals surface area contributed by atoms with Crippen molar-refractivity contribution in [3.8, 4) is 0 Å². The largest absolute Gasteiger partial charge is 0.377 e. The molecule has 2 unspecified atom stereocenters. The molecule has 0 aliphatic carbocycles. The molecule has 2 saturated heterocycles. The lowest BCUT2D eigenvalue weighted by Gasteiger charge is -2.37. The Morgan fingerprint density at radius 3 is 2.53 bits per heavy atom. The molecule has 2 fully saturated rings. The topological polar surface area (TPSA) is 58.8 Å². The van der Waals surface area contributed by atoms with Gasteiger partial charge in [0.15, 0.2) is 0 Å². The van der Waals surface area contributed by atoms with E-state index in [0.29, 0.717) is 6.10 Å². The zero-order valence-corrected chi connectivity index (χ0v) is 12.2. The van der Waals surface area contributed by atoms with E-state index in [-0.39, 0.29) is 17.9 Å². The second-order valence-electron chi connectivity index (χ2n) is 6.03. The number of nitrogens with two attached hydrogens (primary N) is 1. The lowest BCUT2D eigenvalue weighted by atomic mass is 10.0. The molecule has 5 nitrogen and oxygen atoms in total. The molecule has 5 heteroatoms. The van der Waals surface area contributed by atoms with Crippen molar-refractivity contribution in [1.29, 1.82) is 0 Å². The van der Waals surface area contributed by atoms with Crippen LogP contribution in [0.1, 0.15) is 26.7 Å². The highest BCUT2D eigenvalue weighted by Gasteiger charge is 2.28. The van der Waals surface area contributed by atoms with Crippen LogP contribution in [0.2, 0.25) is 0 Å². The van der Waals surface area contributed by atoms with E-state index in [9.17, 15) is 4.79 Å². The molecule has 2 heterocycles. The van der Waals surface area contributed by atoms with E-state index in [1.165, 1.54) is 12.8 Å². The quantitative estimate of drug-likeness (QED) is 0.797. The van der Waals surface area contributed by atoms with Crippen molar-refractivity contribution in [2.24, 2.45) is 11.7 Å². The van der Waals surface area contributed by atoms with Crippen molar-refractivity contribution in [3.05, 3.63) is 0 Å². The van der Waals surface area contributed by atoms with Crippen LogP contribution >= 0.6 is 0 Å². The van der Waals surface area contributed by atoms with E-state index in [1.54, 1.807) is 0 Å². The Kier molecular flexibility index (Phi) is 5.19. The van der Waals surface area contributed by atoms with Crippen LogP contribution in [0.4, 0.5) is 0 Å². The molecule has 2 aliphatic rings. The highest BCUT2D eigenvalue weighted by atomic mass is 16.5. The average Bonchev–Trinajstić information content (AvgIpc) is 2.90. The maximum atomic E-state index is 12.1. The van der Waals surface area contributed by atoms with Crippen molar-refractivity contribution in [2.45, 2.75) is 38.8 Å². The number of nitrogens with zero attached hydrogens (tertiary/aromatic N) is 2. The molecule has 0 saturated carbocycles. The molecule has 19 heavy (non-hydrogen) atoms.